The molecule has 0 radical (unpaired) electrons. The first kappa shape index (κ1) is 11.5. The third-order valence-corrected chi connectivity index (χ3v) is 2.91. The van der Waals surface area contributed by atoms with E-state index in [-0.39, 0.29) is 12.3 Å². The zero-order valence-corrected chi connectivity index (χ0v) is 8.34. The molecule has 2 unspecified atom stereocenters. The van der Waals surface area contributed by atoms with E-state index in [4.69, 9.17) is 10.00 Å². The molecule has 0 fully saturated rings. The molecule has 2 atom stereocenters. The molecular formula is C7H14O4P+. The molecule has 0 heterocycles. The van der Waals surface area contributed by atoms with Gasteiger partial charge in [0.05, 0.1) is 0 Å². The largest absolute Gasteiger partial charge is 0.523 e. The Balaban J connectivity index is 4.63. The molecular weight excluding hydrogens is 179 g/mol. The molecule has 0 spiro atoms. The highest BCUT2D eigenvalue weighted by atomic mass is 31.1. The minimum Gasteiger partial charge on any atom is -0.478 e. The lowest BCUT2D eigenvalue weighted by Gasteiger charge is -2.13. The van der Waals surface area contributed by atoms with Gasteiger partial charge in [-0.25, -0.2) is 4.79 Å². The Morgan fingerprint density at radius 1 is 1.58 bits per heavy atom. The second-order valence-corrected chi connectivity index (χ2v) is 4.98. The lowest BCUT2D eigenvalue weighted by Crippen LogP contribution is -2.32. The fourth-order valence-electron chi connectivity index (χ4n) is 1.04. The molecule has 0 bridgehead atoms. The number of aliphatic carboxylic acids is 1. The topological polar surface area (TPSA) is 74.6 Å². The van der Waals surface area contributed by atoms with Crippen molar-refractivity contribution < 1.29 is 19.4 Å². The van der Waals surface area contributed by atoms with Crippen molar-refractivity contribution >= 4 is 14.0 Å². The molecule has 2 N–H and O–H groups in total. The van der Waals surface area contributed by atoms with Gasteiger partial charge in [-0.3, -0.25) is 0 Å². The maximum atomic E-state index is 10.8. The van der Waals surface area contributed by atoms with E-state index in [1.165, 1.54) is 6.92 Å². The van der Waals surface area contributed by atoms with Crippen molar-refractivity contribution in [2.24, 2.45) is 5.92 Å². The van der Waals surface area contributed by atoms with E-state index in [1.54, 1.807) is 0 Å². The van der Waals surface area contributed by atoms with Gasteiger partial charge in [-0.1, -0.05) is 13.8 Å². The van der Waals surface area contributed by atoms with Crippen LogP contribution < -0.4 is 0 Å². The molecule has 0 aromatic carbocycles. The minimum atomic E-state index is -2.67. The Morgan fingerprint density at radius 2 is 2.00 bits per heavy atom. The Kier molecular flexibility index (Phi) is 3.81. The van der Waals surface area contributed by atoms with Crippen LogP contribution in [0.4, 0.5) is 0 Å². The summed E-state index contributed by atoms with van der Waals surface area (Å²) < 4.78 is 10.8. The predicted molar refractivity (Wildman–Crippen MR) is 45.3 cm³/mol. The monoisotopic (exact) mass is 193 g/mol. The van der Waals surface area contributed by atoms with E-state index >= 15 is 0 Å². The zero-order chi connectivity index (χ0) is 9.94. The van der Waals surface area contributed by atoms with Gasteiger partial charge in [0.15, 0.2) is 0 Å². The summed E-state index contributed by atoms with van der Waals surface area (Å²) in [6.45, 7) is 4.94. The molecule has 0 aliphatic heterocycles. The number of hydrogen-bond donors (Lipinski definition) is 2. The molecule has 0 aromatic rings. The van der Waals surface area contributed by atoms with Crippen molar-refractivity contribution in [1.29, 1.82) is 0 Å². The molecule has 0 saturated carbocycles. The van der Waals surface area contributed by atoms with Crippen LogP contribution in [0.1, 0.15) is 27.2 Å². The molecule has 70 valence electrons. The predicted octanol–water partition coefficient (Wildman–Crippen LogP) is 1.61. The number of carboxylic acid groups (broad SMARTS) is 1. The molecule has 0 aliphatic rings. The Labute approximate surface area is 72.5 Å². The fourth-order valence-corrected chi connectivity index (χ4v) is 1.73. The quantitative estimate of drug-likeness (QED) is 0.665. The van der Waals surface area contributed by atoms with Gasteiger partial charge in [-0.15, -0.1) is 0 Å². The summed E-state index contributed by atoms with van der Waals surface area (Å²) in [6.07, 6.45) is 0.216. The van der Waals surface area contributed by atoms with Crippen LogP contribution in [-0.2, 0) is 9.36 Å². The second-order valence-electron chi connectivity index (χ2n) is 3.45. The van der Waals surface area contributed by atoms with E-state index in [9.17, 15) is 9.36 Å². The van der Waals surface area contributed by atoms with Crippen LogP contribution in [0.15, 0.2) is 0 Å². The number of carbonyl (C=O) groups is 1. The van der Waals surface area contributed by atoms with Gasteiger partial charge in [-0.05, 0) is 17.4 Å². The van der Waals surface area contributed by atoms with Gasteiger partial charge in [0.1, 0.15) is 0 Å². The Bertz CT molecular complexity index is 186. The van der Waals surface area contributed by atoms with Crippen molar-refractivity contribution in [2.45, 2.75) is 32.3 Å². The SMILES string of the molecule is CC(C)CC(C)(C(=O)O)[P+](=O)O. The van der Waals surface area contributed by atoms with Gasteiger partial charge in [0, 0.05) is 6.42 Å². The summed E-state index contributed by atoms with van der Waals surface area (Å²) in [5.74, 6) is -1.11. The minimum absolute atomic E-state index is 0.0946. The third kappa shape index (κ3) is 2.54. The van der Waals surface area contributed by atoms with Crippen molar-refractivity contribution in [3.63, 3.8) is 0 Å². The van der Waals surface area contributed by atoms with E-state index in [0.717, 1.165) is 0 Å². The Morgan fingerprint density at radius 3 is 2.08 bits per heavy atom. The van der Waals surface area contributed by atoms with E-state index in [0.29, 0.717) is 0 Å². The lowest BCUT2D eigenvalue weighted by atomic mass is 9.98. The van der Waals surface area contributed by atoms with Crippen LogP contribution in [0.25, 0.3) is 0 Å². The van der Waals surface area contributed by atoms with Gasteiger partial charge in [-0.2, -0.15) is 4.89 Å². The molecule has 12 heavy (non-hydrogen) atoms. The van der Waals surface area contributed by atoms with Gasteiger partial charge in [0.2, 0.25) is 0 Å². The highest BCUT2D eigenvalue weighted by Gasteiger charge is 2.52. The maximum Gasteiger partial charge on any atom is 0.523 e. The summed E-state index contributed by atoms with van der Waals surface area (Å²) in [6, 6.07) is 0. The summed E-state index contributed by atoms with van der Waals surface area (Å²) in [5.41, 5.74) is 0. The van der Waals surface area contributed by atoms with Gasteiger partial charge < -0.3 is 5.11 Å². The van der Waals surface area contributed by atoms with Crippen molar-refractivity contribution in [3.8, 4) is 0 Å². The van der Waals surface area contributed by atoms with Gasteiger partial charge in [0.25, 0.3) is 5.16 Å². The average Bonchev–Trinajstić information content (AvgIpc) is 1.84. The number of carboxylic acids is 1. The summed E-state index contributed by atoms with van der Waals surface area (Å²) in [7, 11) is -2.67. The molecule has 5 heteroatoms. The summed E-state index contributed by atoms with van der Waals surface area (Å²) in [5, 5.41) is 7.21. The molecule has 0 aliphatic carbocycles. The van der Waals surface area contributed by atoms with Gasteiger partial charge >= 0.3 is 14.0 Å². The van der Waals surface area contributed by atoms with Crippen LogP contribution in [0.5, 0.6) is 0 Å². The van der Waals surface area contributed by atoms with Crippen LogP contribution in [-0.4, -0.2) is 21.1 Å². The molecule has 0 rings (SSSR count). The lowest BCUT2D eigenvalue weighted by molar-refractivity contribution is -0.140. The summed E-state index contributed by atoms with van der Waals surface area (Å²) >= 11 is 0. The molecule has 0 amide bonds. The average molecular weight is 193 g/mol. The van der Waals surface area contributed by atoms with Crippen molar-refractivity contribution in [2.75, 3.05) is 0 Å². The standard InChI is InChI=1S/C7H13O4P/c1-5(2)4-7(3,6(8)9)12(10)11/h5H,4H2,1-3H3,(H-,8,9,10,11)/p+1. The summed E-state index contributed by atoms with van der Waals surface area (Å²) in [4.78, 5) is 19.5. The maximum absolute atomic E-state index is 10.8. The van der Waals surface area contributed by atoms with Crippen LogP contribution in [0.2, 0.25) is 0 Å². The first-order valence-corrected chi connectivity index (χ1v) is 4.91. The first-order chi connectivity index (χ1) is 5.30. The zero-order valence-electron chi connectivity index (χ0n) is 7.44. The van der Waals surface area contributed by atoms with E-state index in [1.807, 2.05) is 13.8 Å². The first-order valence-electron chi connectivity index (χ1n) is 3.70. The second kappa shape index (κ2) is 3.97. The van der Waals surface area contributed by atoms with Crippen molar-refractivity contribution in [3.05, 3.63) is 0 Å². The van der Waals surface area contributed by atoms with Crippen LogP contribution in [0.3, 0.4) is 0 Å². The van der Waals surface area contributed by atoms with Crippen LogP contribution in [0, 0.1) is 5.92 Å². The number of rotatable bonds is 4. The van der Waals surface area contributed by atoms with E-state index < -0.39 is 19.2 Å². The highest BCUT2D eigenvalue weighted by molar-refractivity contribution is 7.41. The van der Waals surface area contributed by atoms with Crippen molar-refractivity contribution in [1.82, 2.24) is 0 Å². The fraction of sp³-hybridized carbons (Fsp3) is 0.857. The molecule has 4 nitrogen and oxygen atoms in total. The highest BCUT2D eigenvalue weighted by Crippen LogP contribution is 2.40. The third-order valence-electron chi connectivity index (χ3n) is 1.69. The number of hydrogen-bond acceptors (Lipinski definition) is 2. The normalized spacial score (nSPS) is 17.2. The van der Waals surface area contributed by atoms with Crippen LogP contribution >= 0.6 is 8.03 Å². The molecule has 0 aromatic heterocycles. The smallest absolute Gasteiger partial charge is 0.478 e. The van der Waals surface area contributed by atoms with E-state index in [2.05, 4.69) is 0 Å². The Hall–Kier alpha value is -0.470. The molecule has 0 saturated heterocycles.